The molecule has 3 aromatic rings. The Morgan fingerprint density at radius 2 is 1.93 bits per heavy atom. The third kappa shape index (κ3) is 5.34. The number of ether oxygens (including phenoxy) is 1. The first kappa shape index (κ1) is 21.7. The Morgan fingerprint density at radius 3 is 2.67 bits per heavy atom. The molecule has 30 heavy (non-hydrogen) atoms. The normalized spacial score (nSPS) is 10.7. The van der Waals surface area contributed by atoms with Crippen molar-refractivity contribution in [3.63, 3.8) is 0 Å². The minimum atomic E-state index is -0.376. The van der Waals surface area contributed by atoms with Crippen molar-refractivity contribution in [1.29, 1.82) is 0 Å². The molecule has 0 unspecified atom stereocenters. The summed E-state index contributed by atoms with van der Waals surface area (Å²) < 4.78 is 21.1. The number of nitrogens with zero attached hydrogens (tertiary/aromatic N) is 3. The number of allylic oxidation sites excluding steroid dienone is 1. The lowest BCUT2D eigenvalue weighted by molar-refractivity contribution is -0.118. The summed E-state index contributed by atoms with van der Waals surface area (Å²) in [7, 11) is 1.64. The Labute approximate surface area is 179 Å². The minimum absolute atomic E-state index is 0.132. The van der Waals surface area contributed by atoms with Gasteiger partial charge in [0.2, 0.25) is 5.91 Å². The van der Waals surface area contributed by atoms with Crippen molar-refractivity contribution >= 4 is 17.7 Å². The summed E-state index contributed by atoms with van der Waals surface area (Å²) in [5, 5.41) is 11.7. The number of nitrogens with one attached hydrogen (secondary N) is 1. The maximum absolute atomic E-state index is 14.2. The highest BCUT2D eigenvalue weighted by Gasteiger charge is 2.17. The maximum Gasteiger partial charge on any atom is 0.230 e. The molecule has 0 spiro atoms. The van der Waals surface area contributed by atoms with Gasteiger partial charge in [0, 0.05) is 20.2 Å². The van der Waals surface area contributed by atoms with Crippen LogP contribution in [-0.2, 0) is 29.2 Å². The second-order valence-corrected chi connectivity index (χ2v) is 7.39. The molecule has 0 fully saturated rings. The van der Waals surface area contributed by atoms with Crippen molar-refractivity contribution in [3.05, 3.63) is 78.1 Å². The zero-order chi connectivity index (χ0) is 21.3. The number of thioether (sulfide) groups is 1. The SMILES string of the molecule is C=CCn1c(SCC(=O)NCc2ccccc2COC)nnc1-c1ccccc1F. The van der Waals surface area contributed by atoms with Gasteiger partial charge in [-0.15, -0.1) is 16.8 Å². The van der Waals surface area contributed by atoms with Crippen LogP contribution in [0.2, 0.25) is 0 Å². The van der Waals surface area contributed by atoms with Crippen LogP contribution >= 0.6 is 11.8 Å². The molecule has 1 amide bonds. The molecule has 0 aliphatic heterocycles. The molecule has 0 aliphatic rings. The van der Waals surface area contributed by atoms with Crippen LogP contribution < -0.4 is 5.32 Å². The fourth-order valence-electron chi connectivity index (χ4n) is 2.93. The molecule has 1 N–H and O–H groups in total. The van der Waals surface area contributed by atoms with Gasteiger partial charge in [-0.05, 0) is 23.3 Å². The van der Waals surface area contributed by atoms with Gasteiger partial charge in [0.15, 0.2) is 11.0 Å². The number of carbonyl (C=O) groups excluding carboxylic acids is 1. The number of aromatic nitrogens is 3. The summed E-state index contributed by atoms with van der Waals surface area (Å²) in [6.07, 6.45) is 1.69. The van der Waals surface area contributed by atoms with Gasteiger partial charge in [-0.1, -0.05) is 54.2 Å². The van der Waals surface area contributed by atoms with Crippen molar-refractivity contribution in [2.24, 2.45) is 0 Å². The molecule has 3 rings (SSSR count). The Hall–Kier alpha value is -2.97. The number of hydrogen-bond acceptors (Lipinski definition) is 5. The van der Waals surface area contributed by atoms with E-state index in [1.54, 1.807) is 36.0 Å². The molecule has 0 bridgehead atoms. The van der Waals surface area contributed by atoms with Gasteiger partial charge >= 0.3 is 0 Å². The third-order valence-corrected chi connectivity index (χ3v) is 5.34. The molecule has 0 aliphatic carbocycles. The Balaban J connectivity index is 1.65. The fourth-order valence-corrected chi connectivity index (χ4v) is 3.71. The highest BCUT2D eigenvalue weighted by molar-refractivity contribution is 7.99. The molecule has 8 heteroatoms. The lowest BCUT2D eigenvalue weighted by Crippen LogP contribution is -2.25. The first-order chi connectivity index (χ1) is 14.6. The lowest BCUT2D eigenvalue weighted by atomic mass is 10.1. The number of benzene rings is 2. The van der Waals surface area contributed by atoms with Crippen LogP contribution in [-0.4, -0.2) is 33.5 Å². The number of methoxy groups -OCH3 is 1. The minimum Gasteiger partial charge on any atom is -0.380 e. The smallest absolute Gasteiger partial charge is 0.230 e. The Kier molecular flexibility index (Phi) is 7.75. The number of amides is 1. The van der Waals surface area contributed by atoms with E-state index in [-0.39, 0.29) is 17.5 Å². The van der Waals surface area contributed by atoms with Crippen LogP contribution in [0.25, 0.3) is 11.4 Å². The van der Waals surface area contributed by atoms with Crippen molar-refractivity contribution < 1.29 is 13.9 Å². The monoisotopic (exact) mass is 426 g/mol. The summed E-state index contributed by atoms with van der Waals surface area (Å²) in [5.41, 5.74) is 2.40. The van der Waals surface area contributed by atoms with Crippen LogP contribution in [0.4, 0.5) is 4.39 Å². The zero-order valence-corrected chi connectivity index (χ0v) is 17.5. The number of hydrogen-bond donors (Lipinski definition) is 1. The van der Waals surface area contributed by atoms with E-state index in [1.807, 2.05) is 24.3 Å². The largest absolute Gasteiger partial charge is 0.380 e. The second kappa shape index (κ2) is 10.7. The highest BCUT2D eigenvalue weighted by atomic mass is 32.2. The van der Waals surface area contributed by atoms with E-state index in [2.05, 4.69) is 22.1 Å². The quantitative estimate of drug-likeness (QED) is 0.394. The summed E-state index contributed by atoms with van der Waals surface area (Å²) >= 11 is 1.25. The number of rotatable bonds is 10. The summed E-state index contributed by atoms with van der Waals surface area (Å²) in [6, 6.07) is 14.2. The lowest BCUT2D eigenvalue weighted by Gasteiger charge is -2.10. The van der Waals surface area contributed by atoms with Crippen LogP contribution in [0.5, 0.6) is 0 Å². The number of carbonyl (C=O) groups is 1. The van der Waals surface area contributed by atoms with Gasteiger partial charge in [0.05, 0.1) is 17.9 Å². The van der Waals surface area contributed by atoms with Gasteiger partial charge in [0.25, 0.3) is 0 Å². The predicted octanol–water partition coefficient (Wildman–Crippen LogP) is 3.83. The van der Waals surface area contributed by atoms with Crippen molar-refractivity contribution in [2.75, 3.05) is 12.9 Å². The predicted molar refractivity (Wildman–Crippen MR) is 115 cm³/mol. The third-order valence-electron chi connectivity index (χ3n) is 4.37. The summed E-state index contributed by atoms with van der Waals surface area (Å²) in [5.74, 6) is 0.0652. The van der Waals surface area contributed by atoms with Crippen LogP contribution in [0, 0.1) is 5.82 Å². The molecule has 156 valence electrons. The van der Waals surface area contributed by atoms with Crippen molar-refractivity contribution in [1.82, 2.24) is 20.1 Å². The molecule has 1 heterocycles. The maximum atomic E-state index is 14.2. The Bertz CT molecular complexity index is 1020. The Morgan fingerprint density at radius 1 is 1.20 bits per heavy atom. The summed E-state index contributed by atoms with van der Waals surface area (Å²) in [6.45, 7) is 5.06. The van der Waals surface area contributed by atoms with Gasteiger partial charge in [-0.3, -0.25) is 9.36 Å². The van der Waals surface area contributed by atoms with E-state index in [1.165, 1.54) is 17.8 Å². The molecule has 0 saturated heterocycles. The van der Waals surface area contributed by atoms with Gasteiger partial charge in [-0.25, -0.2) is 4.39 Å². The van der Waals surface area contributed by atoms with Crippen LogP contribution in [0.3, 0.4) is 0 Å². The first-order valence-corrected chi connectivity index (χ1v) is 10.4. The van der Waals surface area contributed by atoms with Crippen LogP contribution in [0.1, 0.15) is 11.1 Å². The zero-order valence-electron chi connectivity index (χ0n) is 16.7. The average Bonchev–Trinajstić information content (AvgIpc) is 3.15. The van der Waals surface area contributed by atoms with Crippen LogP contribution in [0.15, 0.2) is 66.3 Å². The fraction of sp³-hybridized carbons (Fsp3) is 0.227. The number of halogens is 1. The first-order valence-electron chi connectivity index (χ1n) is 9.38. The van der Waals surface area contributed by atoms with Gasteiger partial charge in [-0.2, -0.15) is 0 Å². The van der Waals surface area contributed by atoms with E-state index < -0.39 is 0 Å². The molecular weight excluding hydrogens is 403 g/mol. The molecule has 6 nitrogen and oxygen atoms in total. The topological polar surface area (TPSA) is 69.0 Å². The molecule has 0 radical (unpaired) electrons. The molecule has 2 aromatic carbocycles. The van der Waals surface area contributed by atoms with Crippen molar-refractivity contribution in [3.8, 4) is 11.4 Å². The molecule has 1 aromatic heterocycles. The van der Waals surface area contributed by atoms with Gasteiger partial charge < -0.3 is 10.1 Å². The van der Waals surface area contributed by atoms with E-state index in [0.29, 0.717) is 36.2 Å². The highest BCUT2D eigenvalue weighted by Crippen LogP contribution is 2.26. The van der Waals surface area contributed by atoms with E-state index in [0.717, 1.165) is 11.1 Å². The standard InChI is InChI=1S/C22H23FN4O2S/c1-3-12-27-21(18-10-6-7-11-19(18)23)25-26-22(27)30-15-20(28)24-13-16-8-4-5-9-17(16)14-29-2/h3-11H,1,12-15H2,2H3,(H,24,28). The van der Waals surface area contributed by atoms with Gasteiger partial charge in [0.1, 0.15) is 5.82 Å². The second-order valence-electron chi connectivity index (χ2n) is 6.45. The van der Waals surface area contributed by atoms with E-state index in [9.17, 15) is 9.18 Å². The molecule has 0 saturated carbocycles. The molecule has 0 atom stereocenters. The van der Waals surface area contributed by atoms with E-state index >= 15 is 0 Å². The average molecular weight is 427 g/mol. The van der Waals surface area contributed by atoms with Crippen molar-refractivity contribution in [2.45, 2.75) is 24.9 Å². The summed E-state index contributed by atoms with van der Waals surface area (Å²) in [4.78, 5) is 12.4. The van der Waals surface area contributed by atoms with E-state index in [4.69, 9.17) is 4.74 Å². The molecular formula is C22H23FN4O2S.